The summed E-state index contributed by atoms with van der Waals surface area (Å²) in [7, 11) is 1.37. The highest BCUT2D eigenvalue weighted by Crippen LogP contribution is 2.26. The van der Waals surface area contributed by atoms with Crippen LogP contribution < -0.4 is 0 Å². The number of rotatable bonds is 3. The summed E-state index contributed by atoms with van der Waals surface area (Å²) in [5, 5.41) is 0.867. The molecular formula is C14H13NO2S. The molecule has 0 saturated heterocycles. The molecule has 1 heterocycles. The van der Waals surface area contributed by atoms with Crippen LogP contribution in [0.1, 0.15) is 15.9 Å². The molecule has 0 N–H and O–H groups in total. The van der Waals surface area contributed by atoms with E-state index in [0.717, 1.165) is 15.5 Å². The highest BCUT2D eigenvalue weighted by molar-refractivity contribution is 7.99. The van der Waals surface area contributed by atoms with Gasteiger partial charge < -0.3 is 4.74 Å². The van der Waals surface area contributed by atoms with Gasteiger partial charge in [-0.2, -0.15) is 0 Å². The topological polar surface area (TPSA) is 39.2 Å². The number of aryl methyl sites for hydroxylation is 1. The van der Waals surface area contributed by atoms with Crippen molar-refractivity contribution in [2.24, 2.45) is 0 Å². The highest BCUT2D eigenvalue weighted by Gasteiger charge is 2.10. The van der Waals surface area contributed by atoms with Gasteiger partial charge in [-0.05, 0) is 30.7 Å². The summed E-state index contributed by atoms with van der Waals surface area (Å²) in [5.41, 5.74) is 1.38. The second-order valence-corrected chi connectivity index (χ2v) is 4.84. The van der Waals surface area contributed by atoms with E-state index in [1.54, 1.807) is 18.0 Å². The monoisotopic (exact) mass is 259 g/mol. The SMILES string of the molecule is COC(=O)c1cnc(Sc2ccccc2)cc1C. The lowest BCUT2D eigenvalue weighted by atomic mass is 10.2. The normalized spacial score (nSPS) is 10.1. The van der Waals surface area contributed by atoms with Crippen molar-refractivity contribution in [1.29, 1.82) is 0 Å². The molecule has 0 saturated carbocycles. The summed E-state index contributed by atoms with van der Waals surface area (Å²) in [5.74, 6) is -0.351. The van der Waals surface area contributed by atoms with E-state index in [1.165, 1.54) is 7.11 Å². The number of carbonyl (C=O) groups is 1. The molecule has 0 aliphatic carbocycles. The fourth-order valence-electron chi connectivity index (χ4n) is 1.52. The molecule has 0 aliphatic heterocycles. The van der Waals surface area contributed by atoms with Crippen molar-refractivity contribution in [3.8, 4) is 0 Å². The minimum Gasteiger partial charge on any atom is -0.465 e. The van der Waals surface area contributed by atoms with Crippen LogP contribution in [-0.4, -0.2) is 18.1 Å². The Kier molecular flexibility index (Phi) is 3.99. The fourth-order valence-corrected chi connectivity index (χ4v) is 2.39. The number of benzene rings is 1. The maximum absolute atomic E-state index is 11.4. The van der Waals surface area contributed by atoms with Crippen LogP contribution in [0, 0.1) is 6.92 Å². The lowest BCUT2D eigenvalue weighted by Crippen LogP contribution is -2.04. The smallest absolute Gasteiger partial charge is 0.339 e. The van der Waals surface area contributed by atoms with Crippen LogP contribution >= 0.6 is 11.8 Å². The van der Waals surface area contributed by atoms with Gasteiger partial charge in [0.2, 0.25) is 0 Å². The molecule has 0 atom stereocenters. The molecule has 0 spiro atoms. The largest absolute Gasteiger partial charge is 0.465 e. The Morgan fingerprint density at radius 2 is 2.00 bits per heavy atom. The third-order valence-corrected chi connectivity index (χ3v) is 3.40. The molecule has 18 heavy (non-hydrogen) atoms. The number of pyridine rings is 1. The minimum absolute atomic E-state index is 0.351. The van der Waals surface area contributed by atoms with Gasteiger partial charge in [0.05, 0.1) is 12.7 Å². The summed E-state index contributed by atoms with van der Waals surface area (Å²) in [4.78, 5) is 16.8. The lowest BCUT2D eigenvalue weighted by Gasteiger charge is -2.05. The van der Waals surface area contributed by atoms with E-state index in [0.29, 0.717) is 5.56 Å². The van der Waals surface area contributed by atoms with Gasteiger partial charge in [-0.15, -0.1) is 0 Å². The second-order valence-electron chi connectivity index (χ2n) is 3.74. The number of hydrogen-bond acceptors (Lipinski definition) is 4. The minimum atomic E-state index is -0.351. The Morgan fingerprint density at radius 1 is 1.28 bits per heavy atom. The van der Waals surface area contributed by atoms with Crippen molar-refractivity contribution in [2.75, 3.05) is 7.11 Å². The highest BCUT2D eigenvalue weighted by atomic mass is 32.2. The van der Waals surface area contributed by atoms with Gasteiger partial charge in [0.15, 0.2) is 0 Å². The number of aromatic nitrogens is 1. The lowest BCUT2D eigenvalue weighted by molar-refractivity contribution is 0.0599. The van der Waals surface area contributed by atoms with Crippen LogP contribution in [0.3, 0.4) is 0 Å². The molecule has 0 unspecified atom stereocenters. The molecule has 0 bridgehead atoms. The molecule has 1 aromatic carbocycles. The van der Waals surface area contributed by atoms with E-state index in [-0.39, 0.29) is 5.97 Å². The first-order valence-electron chi connectivity index (χ1n) is 5.48. The summed E-state index contributed by atoms with van der Waals surface area (Å²) in [6.45, 7) is 1.88. The molecular weight excluding hydrogens is 246 g/mol. The van der Waals surface area contributed by atoms with E-state index < -0.39 is 0 Å². The Hall–Kier alpha value is -1.81. The van der Waals surface area contributed by atoms with Crippen molar-refractivity contribution in [3.63, 3.8) is 0 Å². The Morgan fingerprint density at radius 3 is 2.61 bits per heavy atom. The maximum Gasteiger partial charge on any atom is 0.339 e. The van der Waals surface area contributed by atoms with Gasteiger partial charge in [0.1, 0.15) is 5.03 Å². The zero-order valence-electron chi connectivity index (χ0n) is 10.2. The van der Waals surface area contributed by atoms with E-state index >= 15 is 0 Å². The first-order chi connectivity index (χ1) is 8.70. The average molecular weight is 259 g/mol. The van der Waals surface area contributed by atoms with E-state index in [9.17, 15) is 4.79 Å². The molecule has 1 aromatic heterocycles. The Bertz CT molecular complexity index is 555. The summed E-state index contributed by atoms with van der Waals surface area (Å²) < 4.78 is 4.69. The predicted octanol–water partition coefficient (Wildman–Crippen LogP) is 3.33. The molecule has 0 radical (unpaired) electrons. The van der Waals surface area contributed by atoms with E-state index in [4.69, 9.17) is 0 Å². The molecule has 4 heteroatoms. The zero-order chi connectivity index (χ0) is 13.0. The number of hydrogen-bond donors (Lipinski definition) is 0. The van der Waals surface area contributed by atoms with Crippen LogP contribution in [0.4, 0.5) is 0 Å². The van der Waals surface area contributed by atoms with Crippen molar-refractivity contribution < 1.29 is 9.53 Å². The maximum atomic E-state index is 11.4. The van der Waals surface area contributed by atoms with Gasteiger partial charge in [-0.1, -0.05) is 30.0 Å². The Labute approximate surface area is 110 Å². The number of esters is 1. The van der Waals surface area contributed by atoms with Crippen molar-refractivity contribution >= 4 is 17.7 Å². The summed E-state index contributed by atoms with van der Waals surface area (Å²) >= 11 is 1.57. The first kappa shape index (κ1) is 12.6. The number of carbonyl (C=O) groups excluding carboxylic acids is 1. The van der Waals surface area contributed by atoms with Crippen LogP contribution in [0.15, 0.2) is 52.5 Å². The predicted molar refractivity (Wildman–Crippen MR) is 70.9 cm³/mol. The molecule has 0 fully saturated rings. The fraction of sp³-hybridized carbons (Fsp3) is 0.143. The number of ether oxygens (including phenoxy) is 1. The quantitative estimate of drug-likeness (QED) is 0.793. The van der Waals surface area contributed by atoms with Gasteiger partial charge in [-0.3, -0.25) is 0 Å². The standard InChI is InChI=1S/C14H13NO2S/c1-10-8-13(15-9-12(10)14(16)17-2)18-11-6-4-3-5-7-11/h3-9H,1-2H3. The summed E-state index contributed by atoms with van der Waals surface area (Å²) in [6.07, 6.45) is 1.56. The van der Waals surface area contributed by atoms with Crippen LogP contribution in [0.5, 0.6) is 0 Å². The van der Waals surface area contributed by atoms with E-state index in [2.05, 4.69) is 9.72 Å². The third kappa shape index (κ3) is 2.90. The molecule has 2 aromatic rings. The first-order valence-corrected chi connectivity index (χ1v) is 6.30. The van der Waals surface area contributed by atoms with Crippen molar-refractivity contribution in [3.05, 3.63) is 53.7 Å². The van der Waals surface area contributed by atoms with E-state index in [1.807, 2.05) is 43.3 Å². The van der Waals surface area contributed by atoms with Crippen molar-refractivity contribution in [2.45, 2.75) is 16.8 Å². The van der Waals surface area contributed by atoms with Crippen LogP contribution in [-0.2, 0) is 4.74 Å². The molecule has 3 nitrogen and oxygen atoms in total. The average Bonchev–Trinajstić information content (AvgIpc) is 2.39. The molecule has 2 rings (SSSR count). The number of nitrogens with zero attached hydrogens (tertiary/aromatic N) is 1. The molecule has 92 valence electrons. The second kappa shape index (κ2) is 5.69. The molecule has 0 amide bonds. The van der Waals surface area contributed by atoms with Gasteiger partial charge in [0, 0.05) is 11.1 Å². The van der Waals surface area contributed by atoms with Crippen molar-refractivity contribution in [1.82, 2.24) is 4.98 Å². The van der Waals surface area contributed by atoms with Crippen LogP contribution in [0.25, 0.3) is 0 Å². The third-order valence-electron chi connectivity index (χ3n) is 2.46. The molecule has 0 aliphatic rings. The van der Waals surface area contributed by atoms with Crippen LogP contribution in [0.2, 0.25) is 0 Å². The van der Waals surface area contributed by atoms with Gasteiger partial charge >= 0.3 is 5.97 Å². The summed E-state index contributed by atoms with van der Waals surface area (Å²) in [6, 6.07) is 11.9. The van der Waals surface area contributed by atoms with Gasteiger partial charge in [-0.25, -0.2) is 9.78 Å². The number of methoxy groups -OCH3 is 1. The Balaban J connectivity index is 2.22. The van der Waals surface area contributed by atoms with Gasteiger partial charge in [0.25, 0.3) is 0 Å². The zero-order valence-corrected chi connectivity index (χ0v) is 11.0.